The van der Waals surface area contributed by atoms with E-state index in [2.05, 4.69) is 56.5 Å². The summed E-state index contributed by atoms with van der Waals surface area (Å²) in [5, 5.41) is 5.02. The number of rotatable bonds is 7. The molecule has 0 bridgehead atoms. The Kier molecular flexibility index (Phi) is 7.28. The van der Waals surface area contributed by atoms with Crippen LogP contribution in [-0.2, 0) is 12.8 Å². The molecule has 5 aromatic rings. The molecule has 39 heavy (non-hydrogen) atoms. The van der Waals surface area contributed by atoms with E-state index in [4.69, 9.17) is 16.6 Å². The fourth-order valence-corrected chi connectivity index (χ4v) is 5.27. The van der Waals surface area contributed by atoms with E-state index in [0.717, 1.165) is 60.0 Å². The summed E-state index contributed by atoms with van der Waals surface area (Å²) in [5.41, 5.74) is 5.42. The molecule has 0 radical (unpaired) electrons. The van der Waals surface area contributed by atoms with Gasteiger partial charge in [-0.25, -0.2) is 9.37 Å². The number of aryl methyl sites for hydroxylation is 2. The van der Waals surface area contributed by atoms with Crippen molar-refractivity contribution in [3.05, 3.63) is 119 Å². The Hall–Kier alpha value is -4.16. The normalized spacial score (nSPS) is 13.6. The third-order valence-corrected chi connectivity index (χ3v) is 7.43. The average Bonchev–Trinajstić information content (AvgIpc) is 2.98. The van der Waals surface area contributed by atoms with E-state index in [1.807, 2.05) is 42.5 Å². The minimum absolute atomic E-state index is 0.208. The number of benzene rings is 3. The van der Waals surface area contributed by atoms with Gasteiger partial charge in [-0.2, -0.15) is 0 Å². The van der Waals surface area contributed by atoms with E-state index in [1.54, 1.807) is 12.3 Å². The van der Waals surface area contributed by atoms with Crippen molar-refractivity contribution in [1.29, 1.82) is 0 Å². The van der Waals surface area contributed by atoms with Crippen molar-refractivity contribution >= 4 is 45.4 Å². The van der Waals surface area contributed by atoms with Crippen molar-refractivity contribution < 1.29 is 4.39 Å². The standard InChI is InChI=1S/C32H29ClFN5/c33-24-10-13-28-30(15-16-35-31(28)22-24)36-26-12-14-29(34)23(21-26)9-11-25-5-4-8-32(37-25)39-19-17-38(18-20-39)27-6-2-1-3-7-27/h1-8,10,12-16,21-22H,9,11,17-20H2,(H,35,36). The SMILES string of the molecule is Fc1ccc(Nc2ccnc3cc(Cl)ccc23)cc1CCc1cccc(N2CCN(c3ccccc3)CC2)n1. The van der Waals surface area contributed by atoms with Crippen LogP contribution >= 0.6 is 11.6 Å². The van der Waals surface area contributed by atoms with E-state index in [0.29, 0.717) is 23.4 Å². The van der Waals surface area contributed by atoms with E-state index in [1.165, 1.54) is 11.8 Å². The lowest BCUT2D eigenvalue weighted by atomic mass is 10.1. The van der Waals surface area contributed by atoms with Gasteiger partial charge in [-0.1, -0.05) is 35.9 Å². The summed E-state index contributed by atoms with van der Waals surface area (Å²) in [7, 11) is 0. The predicted octanol–water partition coefficient (Wildman–Crippen LogP) is 7.28. The first-order chi connectivity index (χ1) is 19.1. The fraction of sp³-hybridized carbons (Fsp3) is 0.188. The van der Waals surface area contributed by atoms with Crippen LogP contribution in [0.1, 0.15) is 11.3 Å². The largest absolute Gasteiger partial charge is 0.368 e. The highest BCUT2D eigenvalue weighted by atomic mass is 35.5. The second-order valence-corrected chi connectivity index (χ2v) is 10.2. The Labute approximate surface area is 232 Å². The zero-order chi connectivity index (χ0) is 26.6. The summed E-state index contributed by atoms with van der Waals surface area (Å²) >= 11 is 6.13. The van der Waals surface area contributed by atoms with E-state index in [9.17, 15) is 4.39 Å². The van der Waals surface area contributed by atoms with Crippen molar-refractivity contribution in [2.24, 2.45) is 0 Å². The Bertz CT molecular complexity index is 1580. The molecule has 1 fully saturated rings. The highest BCUT2D eigenvalue weighted by molar-refractivity contribution is 6.31. The number of pyridine rings is 2. The minimum atomic E-state index is -0.208. The third-order valence-electron chi connectivity index (χ3n) is 7.20. The highest BCUT2D eigenvalue weighted by Gasteiger charge is 2.18. The Morgan fingerprint density at radius 3 is 2.46 bits per heavy atom. The van der Waals surface area contributed by atoms with E-state index < -0.39 is 0 Å². The Balaban J connectivity index is 1.11. The molecule has 6 rings (SSSR count). The zero-order valence-electron chi connectivity index (χ0n) is 21.5. The number of anilines is 4. The van der Waals surface area contributed by atoms with Gasteiger partial charge in [0.05, 0.1) is 5.52 Å². The van der Waals surface area contributed by atoms with Crippen LogP contribution in [0.5, 0.6) is 0 Å². The average molecular weight is 538 g/mol. The number of nitrogens with one attached hydrogen (secondary N) is 1. The smallest absolute Gasteiger partial charge is 0.128 e. The minimum Gasteiger partial charge on any atom is -0.368 e. The summed E-state index contributed by atoms with van der Waals surface area (Å²) in [6.45, 7) is 3.76. The molecular weight excluding hydrogens is 509 g/mol. The van der Waals surface area contributed by atoms with Gasteiger partial charge in [-0.3, -0.25) is 4.98 Å². The number of aromatic nitrogens is 2. The lowest BCUT2D eigenvalue weighted by Gasteiger charge is -2.36. The molecule has 1 aliphatic heterocycles. The lowest BCUT2D eigenvalue weighted by molar-refractivity contribution is 0.608. The fourth-order valence-electron chi connectivity index (χ4n) is 5.11. The van der Waals surface area contributed by atoms with Crippen molar-refractivity contribution in [3.8, 4) is 0 Å². The van der Waals surface area contributed by atoms with Gasteiger partial charge in [0.2, 0.25) is 0 Å². The van der Waals surface area contributed by atoms with Crippen LogP contribution < -0.4 is 15.1 Å². The Morgan fingerprint density at radius 2 is 1.62 bits per heavy atom. The highest BCUT2D eigenvalue weighted by Crippen LogP contribution is 2.28. The molecule has 1 N–H and O–H groups in total. The number of nitrogens with zero attached hydrogens (tertiary/aromatic N) is 4. The Morgan fingerprint density at radius 1 is 0.795 bits per heavy atom. The maximum atomic E-state index is 14.8. The quantitative estimate of drug-likeness (QED) is 0.236. The van der Waals surface area contributed by atoms with Gasteiger partial charge in [0.25, 0.3) is 0 Å². The topological polar surface area (TPSA) is 44.3 Å². The van der Waals surface area contributed by atoms with Crippen molar-refractivity contribution in [2.75, 3.05) is 41.3 Å². The second-order valence-electron chi connectivity index (χ2n) is 9.75. The summed E-state index contributed by atoms with van der Waals surface area (Å²) < 4.78 is 14.8. The summed E-state index contributed by atoms with van der Waals surface area (Å²) in [4.78, 5) is 14.1. The molecule has 7 heteroatoms. The maximum absolute atomic E-state index is 14.8. The molecule has 3 aromatic carbocycles. The molecule has 0 saturated carbocycles. The van der Waals surface area contributed by atoms with Crippen LogP contribution in [0.25, 0.3) is 10.9 Å². The molecule has 0 atom stereocenters. The second kappa shape index (κ2) is 11.3. The number of hydrogen-bond acceptors (Lipinski definition) is 5. The predicted molar refractivity (Wildman–Crippen MR) is 159 cm³/mol. The molecule has 0 aliphatic carbocycles. The summed E-state index contributed by atoms with van der Waals surface area (Å²) in [6.07, 6.45) is 2.97. The number of para-hydroxylation sites is 1. The molecule has 1 saturated heterocycles. The van der Waals surface area contributed by atoms with Gasteiger partial charge in [-0.05, 0) is 85.1 Å². The van der Waals surface area contributed by atoms with Gasteiger partial charge < -0.3 is 15.1 Å². The molecule has 0 spiro atoms. The van der Waals surface area contributed by atoms with Crippen LogP contribution in [0, 0.1) is 5.82 Å². The molecule has 5 nitrogen and oxygen atoms in total. The van der Waals surface area contributed by atoms with Gasteiger partial charge in [0.15, 0.2) is 0 Å². The molecular formula is C32H29ClFN5. The molecule has 1 aliphatic rings. The van der Waals surface area contributed by atoms with Gasteiger partial charge in [0.1, 0.15) is 11.6 Å². The number of hydrogen-bond donors (Lipinski definition) is 1. The summed E-state index contributed by atoms with van der Waals surface area (Å²) in [5.74, 6) is 0.779. The maximum Gasteiger partial charge on any atom is 0.128 e. The van der Waals surface area contributed by atoms with Crippen LogP contribution in [-0.4, -0.2) is 36.1 Å². The van der Waals surface area contributed by atoms with Gasteiger partial charge in [0, 0.05) is 65.5 Å². The lowest BCUT2D eigenvalue weighted by Crippen LogP contribution is -2.46. The van der Waals surface area contributed by atoms with Gasteiger partial charge in [-0.15, -0.1) is 0 Å². The molecule has 2 aromatic heterocycles. The molecule has 0 unspecified atom stereocenters. The molecule has 3 heterocycles. The number of piperazine rings is 1. The van der Waals surface area contributed by atoms with Crippen LogP contribution in [0.2, 0.25) is 5.02 Å². The van der Waals surface area contributed by atoms with E-state index in [-0.39, 0.29) is 5.82 Å². The first-order valence-electron chi connectivity index (χ1n) is 13.2. The third kappa shape index (κ3) is 5.81. The monoisotopic (exact) mass is 537 g/mol. The zero-order valence-corrected chi connectivity index (χ0v) is 22.3. The molecule has 196 valence electrons. The number of fused-ring (bicyclic) bond motifs is 1. The van der Waals surface area contributed by atoms with Crippen LogP contribution in [0.15, 0.2) is 97.2 Å². The van der Waals surface area contributed by atoms with Crippen molar-refractivity contribution in [3.63, 3.8) is 0 Å². The van der Waals surface area contributed by atoms with Crippen molar-refractivity contribution in [1.82, 2.24) is 9.97 Å². The van der Waals surface area contributed by atoms with Crippen LogP contribution in [0.3, 0.4) is 0 Å². The van der Waals surface area contributed by atoms with E-state index >= 15 is 0 Å². The first-order valence-corrected chi connectivity index (χ1v) is 13.6. The summed E-state index contributed by atoms with van der Waals surface area (Å²) in [6, 6.07) is 29.4. The van der Waals surface area contributed by atoms with Gasteiger partial charge >= 0.3 is 0 Å². The number of halogens is 2. The molecule has 0 amide bonds. The van der Waals surface area contributed by atoms with Crippen molar-refractivity contribution in [2.45, 2.75) is 12.8 Å². The van der Waals surface area contributed by atoms with Crippen LogP contribution in [0.4, 0.5) is 27.3 Å². The first kappa shape index (κ1) is 25.1.